The maximum absolute atomic E-state index is 11.7. The predicted molar refractivity (Wildman–Crippen MR) is 69.7 cm³/mol. The van der Waals surface area contributed by atoms with E-state index in [4.69, 9.17) is 18.1 Å². The Kier molecular flexibility index (Phi) is 3.42. The van der Waals surface area contributed by atoms with E-state index >= 15 is 0 Å². The van der Waals surface area contributed by atoms with E-state index < -0.39 is 5.97 Å². The van der Waals surface area contributed by atoms with Gasteiger partial charge in [-0.3, -0.25) is 0 Å². The number of furan rings is 2. The molecule has 0 bridgehead atoms. The van der Waals surface area contributed by atoms with Crippen LogP contribution in [-0.4, -0.2) is 11.1 Å². The standard InChI is InChI=1S/C13H8BrNO5/c14-12-4-3-10(19-12)13(16)18-7-8-6-11(20-15-8)9-2-1-5-17-9/h1-6H,7H2. The van der Waals surface area contributed by atoms with Crippen LogP contribution in [0, 0.1) is 0 Å². The molecule has 0 unspecified atom stereocenters. The lowest BCUT2D eigenvalue weighted by atomic mass is 10.3. The van der Waals surface area contributed by atoms with Crippen LogP contribution < -0.4 is 0 Å². The first-order chi connectivity index (χ1) is 9.72. The van der Waals surface area contributed by atoms with Crippen molar-refractivity contribution in [3.05, 3.63) is 52.7 Å². The number of rotatable bonds is 4. The summed E-state index contributed by atoms with van der Waals surface area (Å²) in [5, 5.41) is 3.79. The maximum Gasteiger partial charge on any atom is 0.374 e. The maximum atomic E-state index is 11.7. The van der Waals surface area contributed by atoms with Crippen molar-refractivity contribution in [3.8, 4) is 11.5 Å². The van der Waals surface area contributed by atoms with Crippen molar-refractivity contribution in [2.24, 2.45) is 0 Å². The summed E-state index contributed by atoms with van der Waals surface area (Å²) in [5.41, 5.74) is 0.482. The number of hydrogen-bond donors (Lipinski definition) is 0. The van der Waals surface area contributed by atoms with Crippen molar-refractivity contribution < 1.29 is 22.9 Å². The molecule has 0 radical (unpaired) electrons. The van der Waals surface area contributed by atoms with Crippen molar-refractivity contribution in [3.63, 3.8) is 0 Å². The topological polar surface area (TPSA) is 78.6 Å². The van der Waals surface area contributed by atoms with Crippen molar-refractivity contribution in [1.29, 1.82) is 0 Å². The van der Waals surface area contributed by atoms with Gasteiger partial charge in [0.2, 0.25) is 11.5 Å². The molecule has 0 atom stereocenters. The van der Waals surface area contributed by atoms with E-state index in [2.05, 4.69) is 21.1 Å². The molecule has 0 spiro atoms. The van der Waals surface area contributed by atoms with Crippen LogP contribution in [-0.2, 0) is 11.3 Å². The molecule has 0 aliphatic heterocycles. The second kappa shape index (κ2) is 5.38. The first-order valence-corrected chi connectivity index (χ1v) is 6.43. The molecular formula is C13H8BrNO5. The second-order valence-corrected chi connectivity index (χ2v) is 4.62. The largest absolute Gasteiger partial charge is 0.461 e. The van der Waals surface area contributed by atoms with Gasteiger partial charge in [-0.05, 0) is 40.2 Å². The quantitative estimate of drug-likeness (QED) is 0.676. The number of hydrogen-bond acceptors (Lipinski definition) is 6. The van der Waals surface area contributed by atoms with Gasteiger partial charge in [0.05, 0.1) is 6.26 Å². The highest BCUT2D eigenvalue weighted by Crippen LogP contribution is 2.21. The molecule has 0 saturated heterocycles. The summed E-state index contributed by atoms with van der Waals surface area (Å²) in [6.45, 7) is -0.0125. The van der Waals surface area contributed by atoms with Gasteiger partial charge in [0.15, 0.2) is 10.4 Å². The van der Waals surface area contributed by atoms with E-state index in [1.807, 2.05) is 0 Å². The number of carbonyl (C=O) groups excluding carboxylic acids is 1. The number of ether oxygens (including phenoxy) is 1. The van der Waals surface area contributed by atoms with Crippen LogP contribution in [0.15, 0.2) is 54.6 Å². The third-order valence-electron chi connectivity index (χ3n) is 2.45. The summed E-state index contributed by atoms with van der Waals surface area (Å²) in [6, 6.07) is 8.26. The van der Waals surface area contributed by atoms with E-state index in [-0.39, 0.29) is 12.4 Å². The molecule has 0 fully saturated rings. The third kappa shape index (κ3) is 2.67. The number of aromatic nitrogens is 1. The van der Waals surface area contributed by atoms with Crippen molar-refractivity contribution in [2.45, 2.75) is 6.61 Å². The zero-order valence-electron chi connectivity index (χ0n) is 10.0. The van der Waals surface area contributed by atoms with Crippen molar-refractivity contribution in [2.75, 3.05) is 0 Å². The van der Waals surface area contributed by atoms with Crippen molar-refractivity contribution >= 4 is 21.9 Å². The molecular weight excluding hydrogens is 330 g/mol. The molecule has 0 amide bonds. The minimum absolute atomic E-state index is 0.0125. The van der Waals surface area contributed by atoms with Gasteiger partial charge in [-0.2, -0.15) is 0 Å². The van der Waals surface area contributed by atoms with E-state index in [0.717, 1.165) is 0 Å². The Morgan fingerprint density at radius 1 is 1.30 bits per heavy atom. The van der Waals surface area contributed by atoms with Gasteiger partial charge in [0.25, 0.3) is 0 Å². The lowest BCUT2D eigenvalue weighted by Gasteiger charge is -1.98. The van der Waals surface area contributed by atoms with E-state index in [9.17, 15) is 4.79 Å². The first-order valence-electron chi connectivity index (χ1n) is 5.64. The molecule has 0 saturated carbocycles. The Balaban J connectivity index is 1.63. The fourth-order valence-corrected chi connectivity index (χ4v) is 1.86. The van der Waals surface area contributed by atoms with E-state index in [1.165, 1.54) is 12.3 Å². The van der Waals surface area contributed by atoms with Gasteiger partial charge in [0, 0.05) is 6.07 Å². The molecule has 0 N–H and O–H groups in total. The molecule has 0 aliphatic rings. The monoisotopic (exact) mass is 337 g/mol. The van der Waals surface area contributed by atoms with Crippen LogP contribution in [0.3, 0.4) is 0 Å². The van der Waals surface area contributed by atoms with Gasteiger partial charge < -0.3 is 18.1 Å². The van der Waals surface area contributed by atoms with Crippen LogP contribution in [0.5, 0.6) is 0 Å². The highest BCUT2D eigenvalue weighted by molar-refractivity contribution is 9.10. The Bertz CT molecular complexity index is 713. The third-order valence-corrected chi connectivity index (χ3v) is 2.87. The zero-order valence-corrected chi connectivity index (χ0v) is 11.6. The highest BCUT2D eigenvalue weighted by Gasteiger charge is 2.14. The summed E-state index contributed by atoms with van der Waals surface area (Å²) < 4.78 is 20.9. The Hall–Kier alpha value is -2.28. The lowest BCUT2D eigenvalue weighted by molar-refractivity contribution is 0.0426. The molecule has 3 heterocycles. The first kappa shape index (κ1) is 12.7. The SMILES string of the molecule is O=C(OCc1cc(-c2ccco2)on1)c1ccc(Br)o1. The van der Waals surface area contributed by atoms with Crippen LogP contribution >= 0.6 is 15.9 Å². The molecule has 3 rings (SSSR count). The zero-order chi connectivity index (χ0) is 13.9. The summed E-state index contributed by atoms with van der Waals surface area (Å²) in [5.74, 6) is 0.580. The second-order valence-electron chi connectivity index (χ2n) is 3.84. The minimum Gasteiger partial charge on any atom is -0.461 e. The van der Waals surface area contributed by atoms with Gasteiger partial charge in [-0.1, -0.05) is 5.16 Å². The average Bonchev–Trinajstić information content (AvgIpc) is 3.16. The number of esters is 1. The van der Waals surface area contributed by atoms with Gasteiger partial charge in [-0.25, -0.2) is 4.79 Å². The number of carbonyl (C=O) groups is 1. The minimum atomic E-state index is -0.571. The normalized spacial score (nSPS) is 10.7. The molecule has 6 nitrogen and oxygen atoms in total. The van der Waals surface area contributed by atoms with E-state index in [1.54, 1.807) is 24.3 Å². The summed E-state index contributed by atoms with van der Waals surface area (Å²) in [6.07, 6.45) is 1.53. The van der Waals surface area contributed by atoms with Crippen LogP contribution in [0.1, 0.15) is 16.2 Å². The molecule has 3 aromatic rings. The van der Waals surface area contributed by atoms with Crippen LogP contribution in [0.2, 0.25) is 0 Å². The molecule has 0 aliphatic carbocycles. The lowest BCUT2D eigenvalue weighted by Crippen LogP contribution is -2.03. The predicted octanol–water partition coefficient (Wildman–Crippen LogP) is 3.65. The van der Waals surface area contributed by atoms with Gasteiger partial charge >= 0.3 is 5.97 Å². The highest BCUT2D eigenvalue weighted by atomic mass is 79.9. The Morgan fingerprint density at radius 2 is 2.20 bits per heavy atom. The number of nitrogens with zero attached hydrogens (tertiary/aromatic N) is 1. The summed E-state index contributed by atoms with van der Waals surface area (Å²) in [7, 11) is 0. The Labute approximate surface area is 121 Å². The molecule has 102 valence electrons. The van der Waals surface area contributed by atoms with Crippen molar-refractivity contribution in [1.82, 2.24) is 5.16 Å². The average molecular weight is 338 g/mol. The molecule has 0 aromatic carbocycles. The number of halogens is 1. The fraction of sp³-hybridized carbons (Fsp3) is 0.0769. The smallest absolute Gasteiger partial charge is 0.374 e. The molecule has 7 heteroatoms. The Morgan fingerprint density at radius 3 is 2.90 bits per heavy atom. The summed E-state index contributed by atoms with van der Waals surface area (Å²) in [4.78, 5) is 11.7. The van der Waals surface area contributed by atoms with Crippen LogP contribution in [0.25, 0.3) is 11.5 Å². The van der Waals surface area contributed by atoms with Crippen LogP contribution in [0.4, 0.5) is 0 Å². The molecule has 3 aromatic heterocycles. The summed E-state index contributed by atoms with van der Waals surface area (Å²) >= 11 is 3.11. The fourth-order valence-electron chi connectivity index (χ4n) is 1.55. The van der Waals surface area contributed by atoms with Gasteiger partial charge in [-0.15, -0.1) is 0 Å². The molecule has 20 heavy (non-hydrogen) atoms. The van der Waals surface area contributed by atoms with E-state index in [0.29, 0.717) is 21.9 Å². The van der Waals surface area contributed by atoms with Gasteiger partial charge in [0.1, 0.15) is 12.3 Å².